The Balaban J connectivity index is 0.00000208. The SMILES string of the molecule is Cc1cc(F)ccc1-c1ccc(C(=O)NCC2CNC2)cc1F.Cl. The van der Waals surface area contributed by atoms with E-state index in [1.165, 1.54) is 18.2 Å². The van der Waals surface area contributed by atoms with Crippen molar-refractivity contribution in [1.29, 1.82) is 0 Å². The molecule has 1 fully saturated rings. The van der Waals surface area contributed by atoms with Gasteiger partial charge in [-0.05, 0) is 42.3 Å². The van der Waals surface area contributed by atoms with Gasteiger partial charge in [-0.2, -0.15) is 0 Å². The molecule has 0 atom stereocenters. The molecule has 6 heteroatoms. The summed E-state index contributed by atoms with van der Waals surface area (Å²) >= 11 is 0. The van der Waals surface area contributed by atoms with Crippen LogP contribution in [-0.2, 0) is 0 Å². The smallest absolute Gasteiger partial charge is 0.251 e. The van der Waals surface area contributed by atoms with E-state index in [0.29, 0.717) is 34.7 Å². The Morgan fingerprint density at radius 2 is 1.88 bits per heavy atom. The lowest BCUT2D eigenvalue weighted by Gasteiger charge is -2.27. The van der Waals surface area contributed by atoms with Crippen molar-refractivity contribution >= 4 is 18.3 Å². The van der Waals surface area contributed by atoms with Crippen LogP contribution in [-0.4, -0.2) is 25.5 Å². The minimum Gasteiger partial charge on any atom is -0.352 e. The molecule has 128 valence electrons. The molecule has 0 bridgehead atoms. The summed E-state index contributed by atoms with van der Waals surface area (Å²) in [4.78, 5) is 12.1. The Morgan fingerprint density at radius 1 is 1.17 bits per heavy atom. The second-order valence-corrected chi connectivity index (χ2v) is 5.89. The van der Waals surface area contributed by atoms with Crippen molar-refractivity contribution in [2.45, 2.75) is 6.92 Å². The van der Waals surface area contributed by atoms with Gasteiger partial charge in [0.05, 0.1) is 0 Å². The Hall–Kier alpha value is -1.98. The fourth-order valence-corrected chi connectivity index (χ4v) is 2.64. The van der Waals surface area contributed by atoms with Crippen LogP contribution in [0.5, 0.6) is 0 Å². The van der Waals surface area contributed by atoms with E-state index in [1.807, 2.05) is 0 Å². The summed E-state index contributed by atoms with van der Waals surface area (Å²) in [6.45, 7) is 4.12. The maximum absolute atomic E-state index is 14.4. The van der Waals surface area contributed by atoms with Crippen molar-refractivity contribution in [3.63, 3.8) is 0 Å². The minimum absolute atomic E-state index is 0. The van der Waals surface area contributed by atoms with Crippen LogP contribution < -0.4 is 10.6 Å². The third-order valence-corrected chi connectivity index (χ3v) is 4.13. The van der Waals surface area contributed by atoms with Crippen LogP contribution >= 0.6 is 12.4 Å². The number of amides is 1. The lowest BCUT2D eigenvalue weighted by molar-refractivity contribution is 0.0942. The molecule has 1 amide bonds. The maximum Gasteiger partial charge on any atom is 0.251 e. The summed E-state index contributed by atoms with van der Waals surface area (Å²) < 4.78 is 27.5. The molecule has 0 saturated carbocycles. The van der Waals surface area contributed by atoms with Gasteiger partial charge in [0.15, 0.2) is 0 Å². The van der Waals surface area contributed by atoms with Crippen LogP contribution in [0.4, 0.5) is 8.78 Å². The molecule has 0 aliphatic carbocycles. The zero-order chi connectivity index (χ0) is 16.4. The second-order valence-electron chi connectivity index (χ2n) is 5.89. The average Bonchev–Trinajstić information content (AvgIpc) is 2.46. The normalized spacial score (nSPS) is 13.8. The van der Waals surface area contributed by atoms with Gasteiger partial charge in [0, 0.05) is 36.7 Å². The van der Waals surface area contributed by atoms with E-state index < -0.39 is 5.82 Å². The number of halogens is 3. The molecule has 1 saturated heterocycles. The van der Waals surface area contributed by atoms with E-state index >= 15 is 0 Å². The van der Waals surface area contributed by atoms with E-state index in [-0.39, 0.29) is 24.1 Å². The van der Waals surface area contributed by atoms with Crippen LogP contribution in [0.3, 0.4) is 0 Å². The van der Waals surface area contributed by atoms with Gasteiger partial charge in [-0.15, -0.1) is 12.4 Å². The topological polar surface area (TPSA) is 41.1 Å². The fraction of sp³-hybridized carbons (Fsp3) is 0.278. The quantitative estimate of drug-likeness (QED) is 0.886. The maximum atomic E-state index is 14.4. The molecule has 0 radical (unpaired) electrons. The van der Waals surface area contributed by atoms with E-state index in [9.17, 15) is 13.6 Å². The number of rotatable bonds is 4. The molecule has 3 rings (SSSR count). The van der Waals surface area contributed by atoms with Gasteiger partial charge in [-0.1, -0.05) is 12.1 Å². The van der Waals surface area contributed by atoms with Gasteiger partial charge in [-0.3, -0.25) is 4.79 Å². The lowest BCUT2D eigenvalue weighted by atomic mass is 9.98. The number of nitrogens with one attached hydrogen (secondary N) is 2. The predicted molar refractivity (Wildman–Crippen MR) is 92.5 cm³/mol. The third-order valence-electron chi connectivity index (χ3n) is 4.13. The summed E-state index contributed by atoms with van der Waals surface area (Å²) in [6.07, 6.45) is 0. The molecule has 1 heterocycles. The summed E-state index contributed by atoms with van der Waals surface area (Å²) in [7, 11) is 0. The number of benzene rings is 2. The zero-order valence-electron chi connectivity index (χ0n) is 13.2. The highest BCUT2D eigenvalue weighted by molar-refractivity contribution is 5.94. The number of aryl methyl sites for hydroxylation is 1. The van der Waals surface area contributed by atoms with Gasteiger partial charge in [-0.25, -0.2) is 8.78 Å². The van der Waals surface area contributed by atoms with Gasteiger partial charge in [0.1, 0.15) is 11.6 Å². The van der Waals surface area contributed by atoms with Gasteiger partial charge in [0.25, 0.3) is 5.91 Å². The first-order valence-electron chi connectivity index (χ1n) is 7.59. The minimum atomic E-state index is -0.488. The van der Waals surface area contributed by atoms with Gasteiger partial charge < -0.3 is 10.6 Å². The van der Waals surface area contributed by atoms with Crippen LogP contribution in [0.1, 0.15) is 15.9 Å². The molecule has 3 nitrogen and oxygen atoms in total. The Kier molecular flexibility index (Phi) is 5.91. The van der Waals surface area contributed by atoms with Crippen LogP contribution in [0.2, 0.25) is 0 Å². The molecule has 2 N–H and O–H groups in total. The van der Waals surface area contributed by atoms with Crippen LogP contribution in [0.15, 0.2) is 36.4 Å². The van der Waals surface area contributed by atoms with Crippen LogP contribution in [0.25, 0.3) is 11.1 Å². The summed E-state index contributed by atoms with van der Waals surface area (Å²) in [5.41, 5.74) is 1.93. The number of hydrogen-bond donors (Lipinski definition) is 2. The van der Waals surface area contributed by atoms with Crippen molar-refractivity contribution < 1.29 is 13.6 Å². The van der Waals surface area contributed by atoms with Crippen LogP contribution in [0, 0.1) is 24.5 Å². The molecule has 1 aliphatic heterocycles. The largest absolute Gasteiger partial charge is 0.352 e. The van der Waals surface area contributed by atoms with Crippen molar-refractivity contribution in [2.24, 2.45) is 5.92 Å². The zero-order valence-corrected chi connectivity index (χ0v) is 14.1. The van der Waals surface area contributed by atoms with E-state index in [0.717, 1.165) is 13.1 Å². The molecule has 0 unspecified atom stereocenters. The molecule has 0 aromatic heterocycles. The summed E-state index contributed by atoms with van der Waals surface area (Å²) in [5.74, 6) is -0.672. The summed E-state index contributed by atoms with van der Waals surface area (Å²) in [6, 6.07) is 8.60. The van der Waals surface area contributed by atoms with E-state index in [1.54, 1.807) is 25.1 Å². The Morgan fingerprint density at radius 3 is 2.46 bits per heavy atom. The van der Waals surface area contributed by atoms with Gasteiger partial charge >= 0.3 is 0 Å². The molecular weight excluding hydrogens is 334 g/mol. The van der Waals surface area contributed by atoms with E-state index in [2.05, 4.69) is 10.6 Å². The first-order valence-corrected chi connectivity index (χ1v) is 7.59. The van der Waals surface area contributed by atoms with Crippen molar-refractivity contribution in [1.82, 2.24) is 10.6 Å². The molecule has 2 aromatic rings. The third kappa shape index (κ3) is 3.91. The lowest BCUT2D eigenvalue weighted by Crippen LogP contribution is -2.48. The monoisotopic (exact) mass is 352 g/mol. The van der Waals surface area contributed by atoms with Gasteiger partial charge in [0.2, 0.25) is 0 Å². The first-order chi connectivity index (χ1) is 11.0. The predicted octanol–water partition coefficient (Wildman–Crippen LogP) is 3.31. The van der Waals surface area contributed by atoms with E-state index in [4.69, 9.17) is 0 Å². The van der Waals surface area contributed by atoms with Crippen molar-refractivity contribution in [3.05, 3.63) is 59.2 Å². The molecule has 0 spiro atoms. The van der Waals surface area contributed by atoms with Crippen molar-refractivity contribution in [3.8, 4) is 11.1 Å². The molecule has 1 aliphatic rings. The standard InChI is InChI=1S/C18H18F2N2O.ClH/c1-11-6-14(19)3-5-15(11)16-4-2-13(7-17(16)20)18(23)22-10-12-8-21-9-12;/h2-7,12,21H,8-10H2,1H3,(H,22,23);1H. The Bertz CT molecular complexity index is 748. The van der Waals surface area contributed by atoms with Crippen molar-refractivity contribution in [2.75, 3.05) is 19.6 Å². The molecule has 2 aromatic carbocycles. The number of carbonyl (C=O) groups is 1. The highest BCUT2D eigenvalue weighted by Crippen LogP contribution is 2.27. The molecule has 24 heavy (non-hydrogen) atoms. The average molecular weight is 353 g/mol. The first kappa shape index (κ1) is 18.4. The summed E-state index contributed by atoms with van der Waals surface area (Å²) in [5, 5.41) is 5.94. The fourth-order valence-electron chi connectivity index (χ4n) is 2.64. The Labute approximate surface area is 145 Å². The second kappa shape index (κ2) is 7.73. The number of carbonyl (C=O) groups excluding carboxylic acids is 1. The number of hydrogen-bond acceptors (Lipinski definition) is 2. The highest BCUT2D eigenvalue weighted by atomic mass is 35.5. The molecular formula is C18H19ClF2N2O. The highest BCUT2D eigenvalue weighted by Gasteiger charge is 2.18.